The normalized spacial score (nSPS) is 13.5. The molecule has 12 rings (SSSR count). The molecule has 1 aromatic heterocycles. The highest BCUT2D eigenvalue weighted by Crippen LogP contribution is 2.65. The fourth-order valence-corrected chi connectivity index (χ4v) is 11.3. The first-order valence-corrected chi connectivity index (χ1v) is 19.8. The number of hydrogen-bond donors (Lipinski definition) is 0. The third kappa shape index (κ3) is 3.87. The summed E-state index contributed by atoms with van der Waals surface area (Å²) in [6, 6.07) is 62.3. The predicted octanol–water partition coefficient (Wildman–Crippen LogP) is 14.7. The van der Waals surface area contributed by atoms with E-state index >= 15 is 0 Å². The van der Waals surface area contributed by atoms with Gasteiger partial charge < -0.3 is 0 Å². The number of hydrogen-bond acceptors (Lipinski definition) is 1. The van der Waals surface area contributed by atoms with E-state index in [-0.39, 0.29) is 0 Å². The lowest BCUT2D eigenvalue weighted by Gasteiger charge is -2.30. The lowest BCUT2D eigenvalue weighted by Crippen LogP contribution is -2.25. The first-order chi connectivity index (χ1) is 26.6. The van der Waals surface area contributed by atoms with E-state index in [1.807, 2.05) is 11.3 Å². The molecular formula is C53H34S. The minimum Gasteiger partial charge on any atom is -0.147 e. The van der Waals surface area contributed by atoms with Gasteiger partial charge in [-0.05, 0) is 165 Å². The Balaban J connectivity index is 1.21. The van der Waals surface area contributed by atoms with Crippen LogP contribution in [0.15, 0.2) is 169 Å². The average molecular weight is 703 g/mol. The van der Waals surface area contributed by atoms with E-state index < -0.39 is 5.41 Å². The van der Waals surface area contributed by atoms with Crippen LogP contribution in [-0.2, 0) is 5.41 Å². The number of fused-ring (bicyclic) bond motifs is 14. The van der Waals surface area contributed by atoms with Gasteiger partial charge in [-0.25, -0.2) is 0 Å². The minimum absolute atomic E-state index is 0.436. The van der Waals surface area contributed by atoms with Gasteiger partial charge in [0.1, 0.15) is 0 Å². The number of thiophene rings is 1. The Morgan fingerprint density at radius 1 is 0.370 bits per heavy atom. The van der Waals surface area contributed by atoms with Crippen LogP contribution in [-0.4, -0.2) is 0 Å². The van der Waals surface area contributed by atoms with E-state index in [9.17, 15) is 0 Å². The molecule has 0 N–H and O–H groups in total. The molecule has 0 saturated heterocycles. The quantitative estimate of drug-likeness (QED) is 0.157. The highest BCUT2D eigenvalue weighted by molar-refractivity contribution is 7.11. The summed E-state index contributed by atoms with van der Waals surface area (Å²) in [5.74, 6) is 0. The van der Waals surface area contributed by atoms with Crippen LogP contribution in [0, 0.1) is 13.8 Å². The molecule has 0 radical (unpaired) electrons. The third-order valence-electron chi connectivity index (χ3n) is 12.6. The lowest BCUT2D eigenvalue weighted by molar-refractivity contribution is 0.810. The maximum absolute atomic E-state index is 2.56. The molecule has 0 saturated carbocycles. The summed E-state index contributed by atoms with van der Waals surface area (Å²) in [5.41, 5.74) is 17.0. The van der Waals surface area contributed by atoms with Crippen molar-refractivity contribution in [3.63, 3.8) is 0 Å². The van der Waals surface area contributed by atoms with E-state index in [4.69, 9.17) is 0 Å². The van der Waals surface area contributed by atoms with Crippen molar-refractivity contribution >= 4 is 54.4 Å². The van der Waals surface area contributed by atoms with Crippen LogP contribution in [0.25, 0.3) is 87.6 Å². The van der Waals surface area contributed by atoms with Crippen LogP contribution in [0.4, 0.5) is 0 Å². The van der Waals surface area contributed by atoms with Gasteiger partial charge in [-0.2, -0.15) is 0 Å². The molecule has 1 spiro atoms. The highest BCUT2D eigenvalue weighted by atomic mass is 32.1. The zero-order chi connectivity index (χ0) is 35.7. The van der Waals surface area contributed by atoms with Gasteiger partial charge >= 0.3 is 0 Å². The summed E-state index contributed by atoms with van der Waals surface area (Å²) >= 11 is 1.92. The third-order valence-corrected chi connectivity index (χ3v) is 13.6. The van der Waals surface area contributed by atoms with Gasteiger partial charge in [0.2, 0.25) is 0 Å². The Bertz CT molecular complexity index is 2970. The van der Waals surface area contributed by atoms with Crippen molar-refractivity contribution in [3.05, 3.63) is 202 Å². The second kappa shape index (κ2) is 10.9. The van der Waals surface area contributed by atoms with Crippen LogP contribution in [0.1, 0.15) is 32.7 Å². The fraction of sp³-hybridized carbons (Fsp3) is 0.0566. The minimum atomic E-state index is -0.436. The van der Waals surface area contributed by atoms with E-state index in [1.54, 1.807) is 0 Å². The molecule has 1 heterocycles. The summed E-state index contributed by atoms with van der Waals surface area (Å²) in [6.07, 6.45) is 0. The Morgan fingerprint density at radius 3 is 1.28 bits per heavy atom. The Morgan fingerprint density at radius 2 is 0.796 bits per heavy atom. The first kappa shape index (κ1) is 30.2. The van der Waals surface area contributed by atoms with Crippen LogP contribution >= 0.6 is 11.3 Å². The molecule has 9 aromatic carbocycles. The number of aryl methyl sites for hydroxylation is 2. The van der Waals surface area contributed by atoms with Crippen molar-refractivity contribution in [1.82, 2.24) is 0 Å². The van der Waals surface area contributed by atoms with Crippen molar-refractivity contribution in [1.29, 1.82) is 0 Å². The van der Waals surface area contributed by atoms with E-state index in [1.165, 1.54) is 120 Å². The van der Waals surface area contributed by atoms with Gasteiger partial charge in [-0.1, -0.05) is 133 Å². The lowest BCUT2D eigenvalue weighted by atomic mass is 9.72. The van der Waals surface area contributed by atoms with Gasteiger partial charge in [-0.15, -0.1) is 11.3 Å². The summed E-state index contributed by atoms with van der Waals surface area (Å²) in [7, 11) is 0. The molecule has 54 heavy (non-hydrogen) atoms. The molecule has 0 fully saturated rings. The molecular weight excluding hydrogens is 669 g/mol. The average Bonchev–Trinajstić information content (AvgIpc) is 3.88. The second-order valence-electron chi connectivity index (χ2n) is 15.3. The van der Waals surface area contributed by atoms with E-state index in [2.05, 4.69) is 183 Å². The SMILES string of the molecule is Cc1cc2c(cc1C)C1(c3cc(-c4c5ccccc5cc5ccccc45)ccc3-c3ccc(-c4c5ccccc5cc5ccccc45)cc31)c1sccc1-2. The van der Waals surface area contributed by atoms with Crippen LogP contribution < -0.4 is 0 Å². The second-order valence-corrected chi connectivity index (χ2v) is 16.2. The van der Waals surface area contributed by atoms with Gasteiger partial charge in [0.25, 0.3) is 0 Å². The van der Waals surface area contributed by atoms with Crippen LogP contribution in [0.3, 0.4) is 0 Å². The smallest absolute Gasteiger partial charge is 0.0819 e. The first-order valence-electron chi connectivity index (χ1n) is 18.9. The van der Waals surface area contributed by atoms with Gasteiger partial charge in [0.05, 0.1) is 5.41 Å². The molecule has 0 aliphatic heterocycles. The maximum atomic E-state index is 2.56. The molecule has 0 bridgehead atoms. The summed E-state index contributed by atoms with van der Waals surface area (Å²) in [5, 5.41) is 12.6. The van der Waals surface area contributed by atoms with Crippen LogP contribution in [0.2, 0.25) is 0 Å². The van der Waals surface area contributed by atoms with Crippen molar-refractivity contribution in [2.24, 2.45) is 0 Å². The molecule has 0 amide bonds. The molecule has 1 heteroatoms. The van der Waals surface area contributed by atoms with Gasteiger partial charge in [0, 0.05) is 4.88 Å². The largest absolute Gasteiger partial charge is 0.147 e. The number of rotatable bonds is 2. The maximum Gasteiger partial charge on any atom is 0.0819 e. The van der Waals surface area contributed by atoms with Crippen molar-refractivity contribution in [2.75, 3.05) is 0 Å². The molecule has 2 aliphatic rings. The summed E-state index contributed by atoms with van der Waals surface area (Å²) in [4.78, 5) is 1.43. The van der Waals surface area contributed by atoms with Crippen molar-refractivity contribution in [2.45, 2.75) is 19.3 Å². The van der Waals surface area contributed by atoms with Gasteiger partial charge in [-0.3, -0.25) is 0 Å². The standard InChI is InChI=1S/C53H34S/c1-31-25-46-45-23-24-54-52(45)53(47(46)26-32(31)2)48-29-37(50-39-15-7-3-11-33(39)27-34-12-4-8-16-40(34)50)19-21-43(48)44-22-20-38(30-49(44)53)51-41-17-9-5-13-35(41)28-36-14-6-10-18-42(36)51/h3-30H,1-2H3. The monoisotopic (exact) mass is 702 g/mol. The molecule has 0 atom stereocenters. The highest BCUT2D eigenvalue weighted by Gasteiger charge is 2.53. The number of benzene rings is 9. The zero-order valence-corrected chi connectivity index (χ0v) is 30.9. The Hall–Kier alpha value is -6.28. The summed E-state index contributed by atoms with van der Waals surface area (Å²) < 4.78 is 0. The van der Waals surface area contributed by atoms with Crippen molar-refractivity contribution in [3.8, 4) is 44.5 Å². The molecule has 0 nitrogen and oxygen atoms in total. The topological polar surface area (TPSA) is 0 Å². The summed E-state index contributed by atoms with van der Waals surface area (Å²) in [6.45, 7) is 4.54. The Kier molecular flexibility index (Phi) is 6.09. The van der Waals surface area contributed by atoms with Gasteiger partial charge in [0.15, 0.2) is 0 Å². The molecule has 2 aliphatic carbocycles. The molecule has 10 aromatic rings. The Labute approximate surface area is 318 Å². The van der Waals surface area contributed by atoms with Crippen molar-refractivity contribution < 1.29 is 0 Å². The zero-order valence-electron chi connectivity index (χ0n) is 30.1. The fourth-order valence-electron chi connectivity index (χ4n) is 10.1. The molecule has 0 unspecified atom stereocenters. The van der Waals surface area contributed by atoms with E-state index in [0.717, 1.165) is 0 Å². The van der Waals surface area contributed by atoms with Crippen LogP contribution in [0.5, 0.6) is 0 Å². The molecule has 252 valence electrons. The predicted molar refractivity (Wildman–Crippen MR) is 231 cm³/mol. The van der Waals surface area contributed by atoms with E-state index in [0.29, 0.717) is 0 Å².